The lowest BCUT2D eigenvalue weighted by molar-refractivity contribution is -0.182. The summed E-state index contributed by atoms with van der Waals surface area (Å²) >= 11 is 0. The Morgan fingerprint density at radius 3 is 1.42 bits per heavy atom. The number of phosphoric acid groups is 2. The maximum absolute atomic E-state index is 14.6. The van der Waals surface area contributed by atoms with Crippen LogP contribution in [-0.2, 0) is 29.6 Å². The lowest BCUT2D eigenvalue weighted by Gasteiger charge is -2.28. The van der Waals surface area contributed by atoms with Gasteiger partial charge in [0.15, 0.2) is 23.0 Å². The van der Waals surface area contributed by atoms with Gasteiger partial charge in [0.05, 0.1) is 6.61 Å². The first-order valence-corrected chi connectivity index (χ1v) is 19.1. The number of benzene rings is 5. The van der Waals surface area contributed by atoms with Gasteiger partial charge in [0, 0.05) is 33.4 Å². The van der Waals surface area contributed by atoms with Crippen LogP contribution >= 0.6 is 15.6 Å². The molecule has 5 aromatic carbocycles. The van der Waals surface area contributed by atoms with Crippen LogP contribution in [0.25, 0.3) is 44.5 Å². The van der Waals surface area contributed by atoms with E-state index in [-0.39, 0.29) is 29.6 Å². The van der Waals surface area contributed by atoms with Gasteiger partial charge in [0.2, 0.25) is 5.75 Å². The Morgan fingerprint density at radius 2 is 0.900 bits per heavy atom. The van der Waals surface area contributed by atoms with Crippen molar-refractivity contribution in [3.8, 4) is 73.3 Å². The Bertz CT molecular complexity index is 2470. The monoisotopic (exact) mass is 710 g/mol. The van der Waals surface area contributed by atoms with Crippen molar-refractivity contribution in [2.75, 3.05) is 0 Å². The zero-order chi connectivity index (χ0) is 34.9. The number of fused-ring (bicyclic) bond motifs is 2. The fourth-order valence-electron chi connectivity index (χ4n) is 7.29. The fourth-order valence-corrected chi connectivity index (χ4v) is 9.34. The minimum absolute atomic E-state index is 0.0241. The van der Waals surface area contributed by atoms with Crippen LogP contribution in [0.2, 0.25) is 0 Å². The number of rotatable bonds is 3. The summed E-state index contributed by atoms with van der Waals surface area (Å²) in [7, 11) is -8.75. The van der Waals surface area contributed by atoms with E-state index in [0.29, 0.717) is 44.7 Å². The summed E-state index contributed by atoms with van der Waals surface area (Å²) in [5.74, 6) is 0.684. The van der Waals surface area contributed by atoms with Crippen molar-refractivity contribution in [3.05, 3.63) is 99.1 Å². The van der Waals surface area contributed by atoms with E-state index in [4.69, 9.17) is 37.2 Å². The molecule has 2 atom stereocenters. The van der Waals surface area contributed by atoms with Crippen LogP contribution in [0.3, 0.4) is 0 Å². The van der Waals surface area contributed by atoms with Gasteiger partial charge in [-0.15, -0.1) is 0 Å². The van der Waals surface area contributed by atoms with Crippen molar-refractivity contribution in [1.82, 2.24) is 0 Å². The highest BCUT2D eigenvalue weighted by molar-refractivity contribution is 7.50. The summed E-state index contributed by atoms with van der Waals surface area (Å²) in [5, 5.41) is 0. The summed E-state index contributed by atoms with van der Waals surface area (Å²) in [6, 6.07) is 18.1. The molecule has 12 heteroatoms. The van der Waals surface area contributed by atoms with E-state index in [1.807, 2.05) is 96.1 Å². The summed E-state index contributed by atoms with van der Waals surface area (Å²) < 4.78 is 62.6. The molecule has 11 rings (SSSR count). The van der Waals surface area contributed by atoms with Crippen LogP contribution in [0, 0.1) is 48.5 Å². The normalized spacial score (nSPS) is 20.7. The Labute approximate surface area is 288 Å². The topological polar surface area (TPSA) is 108 Å². The SMILES string of the molecule is Cc1cccc(-c2c3c(-c4cccc(C)c4C)c4c(c2-c2cccc(C)c2C)OOP(=O)(OO3)Oc2c3c5c(c(C)c2-4)COP(=O)(O5)O3)c1C. The molecule has 10 nitrogen and oxygen atoms in total. The van der Waals surface area contributed by atoms with Gasteiger partial charge < -0.3 is 23.3 Å². The lowest BCUT2D eigenvalue weighted by Crippen LogP contribution is -2.11. The molecule has 0 saturated carbocycles. The largest absolute Gasteiger partial charge is 0.604 e. The average Bonchev–Trinajstić information content (AvgIpc) is 3.43. The molecule has 0 radical (unpaired) electrons. The Morgan fingerprint density at radius 1 is 0.460 bits per heavy atom. The van der Waals surface area contributed by atoms with Crippen LogP contribution in [0.1, 0.15) is 44.5 Å². The average molecular weight is 711 g/mol. The van der Waals surface area contributed by atoms with Gasteiger partial charge in [0.1, 0.15) is 0 Å². The molecule has 6 heterocycles. The van der Waals surface area contributed by atoms with Gasteiger partial charge in [-0.1, -0.05) is 63.9 Å². The minimum Gasteiger partial charge on any atom is -0.395 e. The van der Waals surface area contributed by atoms with Crippen molar-refractivity contribution in [2.24, 2.45) is 0 Å². The third-order valence-electron chi connectivity index (χ3n) is 10.4. The van der Waals surface area contributed by atoms with E-state index in [1.54, 1.807) is 0 Å². The second-order valence-corrected chi connectivity index (χ2v) is 16.0. The standard InChI is InChI=1S/C38H32O10P2/c1-18-11-8-14-25(21(18)4)30-31(26-15-9-12-19(2)22(26)5)36-33-29-24(7)28-17-41-49(39)44-34(28)38(46-49)37(29)45-50(40,48-43-36)47-42-35(30)32(33)27-16-10-13-20(3)23(27)6/h8-16H,17H2,1-7H3. The first-order chi connectivity index (χ1) is 23.9. The van der Waals surface area contributed by atoms with Gasteiger partial charge in [-0.25, -0.2) is 9.13 Å². The molecule has 254 valence electrons. The third-order valence-corrected chi connectivity index (χ3v) is 12.6. The highest BCUT2D eigenvalue weighted by atomic mass is 31.2. The van der Waals surface area contributed by atoms with Crippen molar-refractivity contribution >= 4 is 15.6 Å². The third kappa shape index (κ3) is 4.33. The zero-order valence-electron chi connectivity index (χ0n) is 28.4. The molecule has 0 N–H and O–H groups in total. The smallest absolute Gasteiger partial charge is 0.395 e. The summed E-state index contributed by atoms with van der Waals surface area (Å²) in [5.41, 5.74) is 12.7. The van der Waals surface area contributed by atoms with Crippen LogP contribution in [0.4, 0.5) is 0 Å². The number of aryl methyl sites for hydroxylation is 3. The predicted molar refractivity (Wildman–Crippen MR) is 187 cm³/mol. The van der Waals surface area contributed by atoms with Crippen LogP contribution < -0.4 is 23.3 Å². The van der Waals surface area contributed by atoms with Crippen LogP contribution in [0.5, 0.6) is 28.7 Å². The molecular formula is C38H32O10P2. The molecule has 50 heavy (non-hydrogen) atoms. The molecule has 0 saturated heterocycles. The van der Waals surface area contributed by atoms with Gasteiger partial charge in [-0.3, -0.25) is 4.52 Å². The molecular weight excluding hydrogens is 678 g/mol. The van der Waals surface area contributed by atoms with E-state index >= 15 is 0 Å². The molecule has 6 aliphatic heterocycles. The summed E-state index contributed by atoms with van der Waals surface area (Å²) in [6.07, 6.45) is 0. The Balaban J connectivity index is 1.58. The Hall–Kier alpha value is -4.56. The predicted octanol–water partition coefficient (Wildman–Crippen LogP) is 11.1. The first-order valence-electron chi connectivity index (χ1n) is 16.2. The molecule has 0 aromatic heterocycles. The van der Waals surface area contributed by atoms with Gasteiger partial charge in [-0.05, 0) is 104 Å². The van der Waals surface area contributed by atoms with E-state index in [2.05, 4.69) is 6.92 Å². The molecule has 0 aliphatic carbocycles. The fraction of sp³-hybridized carbons (Fsp3) is 0.211. The van der Waals surface area contributed by atoms with Gasteiger partial charge in [-0.2, -0.15) is 0 Å². The van der Waals surface area contributed by atoms with Crippen molar-refractivity contribution < 1.29 is 46.3 Å². The van der Waals surface area contributed by atoms with Crippen LogP contribution in [0.15, 0.2) is 54.6 Å². The maximum atomic E-state index is 14.6. The van der Waals surface area contributed by atoms with Crippen LogP contribution in [-0.4, -0.2) is 0 Å². The quantitative estimate of drug-likeness (QED) is 0.133. The number of hydrogen-bond acceptors (Lipinski definition) is 10. The van der Waals surface area contributed by atoms with E-state index in [9.17, 15) is 9.13 Å². The zero-order valence-corrected chi connectivity index (χ0v) is 30.2. The molecule has 0 amide bonds. The molecule has 2 unspecified atom stereocenters. The minimum atomic E-state index is -4.75. The van der Waals surface area contributed by atoms with E-state index in [0.717, 1.165) is 50.1 Å². The summed E-state index contributed by atoms with van der Waals surface area (Å²) in [6.45, 7) is 14.1. The van der Waals surface area contributed by atoms with Crippen molar-refractivity contribution in [1.29, 1.82) is 0 Å². The molecule has 5 aromatic rings. The first kappa shape index (κ1) is 31.4. The second-order valence-electron chi connectivity index (χ2n) is 13.1. The molecule has 6 aliphatic rings. The van der Waals surface area contributed by atoms with Gasteiger partial charge in [0.25, 0.3) is 0 Å². The molecule has 6 bridgehead atoms. The van der Waals surface area contributed by atoms with Crippen molar-refractivity contribution in [2.45, 2.75) is 55.1 Å². The maximum Gasteiger partial charge on any atom is 0.604 e. The highest BCUT2D eigenvalue weighted by Gasteiger charge is 2.53. The highest BCUT2D eigenvalue weighted by Crippen LogP contribution is 2.73. The van der Waals surface area contributed by atoms with E-state index < -0.39 is 15.6 Å². The second kappa shape index (κ2) is 10.7. The number of phosphoric ester groups is 1. The number of hydrogen-bond donors (Lipinski definition) is 0. The Kier molecular flexibility index (Phi) is 6.74. The van der Waals surface area contributed by atoms with Crippen molar-refractivity contribution in [3.63, 3.8) is 0 Å². The summed E-state index contributed by atoms with van der Waals surface area (Å²) in [4.78, 5) is 12.6. The lowest BCUT2D eigenvalue weighted by atomic mass is 9.78. The van der Waals surface area contributed by atoms with Gasteiger partial charge >= 0.3 is 15.6 Å². The molecule has 0 spiro atoms. The van der Waals surface area contributed by atoms with E-state index in [1.165, 1.54) is 0 Å². The molecule has 0 fully saturated rings.